The number of aryl methyl sites for hydroxylation is 1. The average Bonchev–Trinajstić information content (AvgIpc) is 2.79. The Labute approximate surface area is 130 Å². The first-order valence-electron chi connectivity index (χ1n) is 7.80. The highest BCUT2D eigenvalue weighted by molar-refractivity contribution is 9.10. The lowest BCUT2D eigenvalue weighted by Gasteiger charge is -2.30. The molecule has 0 bridgehead atoms. The molecule has 1 saturated carbocycles. The van der Waals surface area contributed by atoms with Crippen molar-refractivity contribution in [1.29, 1.82) is 0 Å². The number of hydrogen-bond donors (Lipinski definition) is 0. The van der Waals surface area contributed by atoms with Crippen LogP contribution in [0.25, 0.3) is 0 Å². The predicted molar refractivity (Wildman–Crippen MR) is 84.8 cm³/mol. The maximum Gasteiger partial charge on any atom is 0.185 e. The molecule has 0 spiro atoms. The fourth-order valence-electron chi connectivity index (χ4n) is 3.23. The van der Waals surface area contributed by atoms with E-state index in [2.05, 4.69) is 41.8 Å². The summed E-state index contributed by atoms with van der Waals surface area (Å²) in [6, 6.07) is 0. The Hall–Kier alpha value is -0.640. The molecule has 0 atom stereocenters. The fourth-order valence-corrected chi connectivity index (χ4v) is 3.72. The Kier molecular flexibility index (Phi) is 5.42. The first-order chi connectivity index (χ1) is 9.54. The van der Waals surface area contributed by atoms with Crippen LogP contribution < -0.4 is 0 Å². The van der Waals surface area contributed by atoms with Crippen LogP contribution in [-0.2, 0) is 6.54 Å². The standard InChI is InChI=1S/C16H25BrN2O/c1-4-9-19-15(14(17)10-18-19)16(20)13-7-5-12(6-8-13)11(2)3/h10-13H,4-9H2,1-3H3. The molecule has 3 nitrogen and oxygen atoms in total. The average molecular weight is 341 g/mol. The van der Waals surface area contributed by atoms with Gasteiger partial charge >= 0.3 is 0 Å². The summed E-state index contributed by atoms with van der Waals surface area (Å²) < 4.78 is 2.71. The van der Waals surface area contributed by atoms with E-state index >= 15 is 0 Å². The van der Waals surface area contributed by atoms with Crippen LogP contribution in [0.2, 0.25) is 0 Å². The Balaban J connectivity index is 2.07. The predicted octanol–water partition coefficient (Wildman–Crippen LogP) is 4.70. The molecule has 1 aliphatic carbocycles. The van der Waals surface area contributed by atoms with E-state index in [1.165, 1.54) is 12.8 Å². The van der Waals surface area contributed by atoms with Crippen molar-refractivity contribution < 1.29 is 4.79 Å². The second-order valence-corrected chi connectivity index (χ2v) is 7.14. The molecular formula is C16H25BrN2O. The van der Waals surface area contributed by atoms with Gasteiger partial charge in [-0.05, 0) is 59.9 Å². The van der Waals surface area contributed by atoms with Crippen LogP contribution in [0, 0.1) is 17.8 Å². The van der Waals surface area contributed by atoms with Crippen molar-refractivity contribution >= 4 is 21.7 Å². The summed E-state index contributed by atoms with van der Waals surface area (Å²) >= 11 is 3.49. The van der Waals surface area contributed by atoms with Crippen molar-refractivity contribution in [2.45, 2.75) is 59.4 Å². The SMILES string of the molecule is CCCn1ncc(Br)c1C(=O)C1CCC(C(C)C)CC1. The second kappa shape index (κ2) is 6.88. The molecule has 2 rings (SSSR count). The van der Waals surface area contributed by atoms with Crippen LogP contribution in [0.4, 0.5) is 0 Å². The van der Waals surface area contributed by atoms with Gasteiger partial charge in [-0.25, -0.2) is 0 Å². The summed E-state index contributed by atoms with van der Waals surface area (Å²) in [5, 5.41) is 4.31. The van der Waals surface area contributed by atoms with Crippen LogP contribution in [0.15, 0.2) is 10.7 Å². The maximum absolute atomic E-state index is 12.8. The van der Waals surface area contributed by atoms with Crippen molar-refractivity contribution in [3.63, 3.8) is 0 Å². The lowest BCUT2D eigenvalue weighted by Crippen LogP contribution is -2.26. The molecule has 0 unspecified atom stereocenters. The number of halogens is 1. The van der Waals surface area contributed by atoms with Gasteiger partial charge in [0.15, 0.2) is 5.78 Å². The van der Waals surface area contributed by atoms with Gasteiger partial charge in [0.25, 0.3) is 0 Å². The van der Waals surface area contributed by atoms with E-state index in [1.54, 1.807) is 6.20 Å². The quantitative estimate of drug-likeness (QED) is 0.728. The third-order valence-electron chi connectivity index (χ3n) is 4.55. The highest BCUT2D eigenvalue weighted by Gasteiger charge is 2.30. The van der Waals surface area contributed by atoms with E-state index in [0.29, 0.717) is 0 Å². The van der Waals surface area contributed by atoms with Crippen LogP contribution in [0.1, 0.15) is 63.4 Å². The number of hydrogen-bond acceptors (Lipinski definition) is 2. The zero-order valence-electron chi connectivity index (χ0n) is 12.7. The number of aromatic nitrogens is 2. The van der Waals surface area contributed by atoms with Gasteiger partial charge in [0.2, 0.25) is 0 Å². The molecule has 1 aliphatic rings. The number of Topliss-reactive ketones (excluding diaryl/α,β-unsaturated/α-hetero) is 1. The lowest BCUT2D eigenvalue weighted by atomic mass is 9.75. The first-order valence-corrected chi connectivity index (χ1v) is 8.59. The third-order valence-corrected chi connectivity index (χ3v) is 5.13. The van der Waals surface area contributed by atoms with Gasteiger partial charge in [0, 0.05) is 12.5 Å². The van der Waals surface area contributed by atoms with Crippen molar-refractivity contribution in [3.8, 4) is 0 Å². The van der Waals surface area contributed by atoms with Crippen molar-refractivity contribution in [3.05, 3.63) is 16.4 Å². The third kappa shape index (κ3) is 3.33. The number of carbonyl (C=O) groups is 1. The van der Waals surface area contributed by atoms with Gasteiger partial charge in [-0.3, -0.25) is 9.48 Å². The van der Waals surface area contributed by atoms with E-state index < -0.39 is 0 Å². The van der Waals surface area contributed by atoms with Crippen LogP contribution >= 0.6 is 15.9 Å². The molecule has 4 heteroatoms. The normalized spacial score (nSPS) is 23.2. The first kappa shape index (κ1) is 15.7. The Bertz CT molecular complexity index is 459. The summed E-state index contributed by atoms with van der Waals surface area (Å²) in [7, 11) is 0. The zero-order chi connectivity index (χ0) is 14.7. The van der Waals surface area contributed by atoms with E-state index in [4.69, 9.17) is 0 Å². The molecular weight excluding hydrogens is 316 g/mol. The van der Waals surface area contributed by atoms with Gasteiger partial charge in [-0.15, -0.1) is 0 Å². The summed E-state index contributed by atoms with van der Waals surface area (Å²) in [6.07, 6.45) is 7.19. The van der Waals surface area contributed by atoms with Crippen LogP contribution in [0.3, 0.4) is 0 Å². The molecule has 0 saturated heterocycles. The second-order valence-electron chi connectivity index (χ2n) is 6.28. The molecule has 0 N–H and O–H groups in total. The van der Waals surface area contributed by atoms with Crippen molar-refractivity contribution in [2.75, 3.05) is 0 Å². The molecule has 0 aromatic carbocycles. The molecule has 0 radical (unpaired) electrons. The highest BCUT2D eigenvalue weighted by atomic mass is 79.9. The summed E-state index contributed by atoms with van der Waals surface area (Å²) in [5.41, 5.74) is 0.778. The van der Waals surface area contributed by atoms with E-state index in [-0.39, 0.29) is 11.7 Å². The summed E-state index contributed by atoms with van der Waals surface area (Å²) in [5.74, 6) is 2.00. The minimum Gasteiger partial charge on any atom is -0.292 e. The molecule has 0 amide bonds. The zero-order valence-corrected chi connectivity index (χ0v) is 14.3. The van der Waals surface area contributed by atoms with Gasteiger partial charge in [-0.2, -0.15) is 5.10 Å². The Morgan fingerprint density at radius 3 is 2.60 bits per heavy atom. The Morgan fingerprint density at radius 2 is 2.05 bits per heavy atom. The summed E-state index contributed by atoms with van der Waals surface area (Å²) in [6.45, 7) is 7.51. The molecule has 0 aliphatic heterocycles. The van der Waals surface area contributed by atoms with Gasteiger partial charge in [0.1, 0.15) is 5.69 Å². The van der Waals surface area contributed by atoms with Crippen molar-refractivity contribution in [2.24, 2.45) is 17.8 Å². The molecule has 1 aromatic rings. The van der Waals surface area contributed by atoms with Crippen LogP contribution in [-0.4, -0.2) is 15.6 Å². The molecule has 20 heavy (non-hydrogen) atoms. The smallest absolute Gasteiger partial charge is 0.185 e. The number of ketones is 1. The number of nitrogens with zero attached hydrogens (tertiary/aromatic N) is 2. The number of rotatable bonds is 5. The molecule has 1 heterocycles. The topological polar surface area (TPSA) is 34.9 Å². The van der Waals surface area contributed by atoms with Crippen LogP contribution in [0.5, 0.6) is 0 Å². The maximum atomic E-state index is 12.8. The minimum atomic E-state index is 0.189. The monoisotopic (exact) mass is 340 g/mol. The Morgan fingerprint density at radius 1 is 1.40 bits per heavy atom. The van der Waals surface area contributed by atoms with E-state index in [1.807, 2.05) is 4.68 Å². The van der Waals surface area contributed by atoms with E-state index in [0.717, 1.165) is 47.8 Å². The molecule has 112 valence electrons. The fraction of sp³-hybridized carbons (Fsp3) is 0.750. The van der Waals surface area contributed by atoms with Gasteiger partial charge in [0.05, 0.1) is 10.7 Å². The lowest BCUT2D eigenvalue weighted by molar-refractivity contribution is 0.0846. The van der Waals surface area contributed by atoms with Crippen molar-refractivity contribution in [1.82, 2.24) is 9.78 Å². The van der Waals surface area contributed by atoms with Gasteiger partial charge < -0.3 is 0 Å². The molecule has 1 fully saturated rings. The largest absolute Gasteiger partial charge is 0.292 e. The summed E-state index contributed by atoms with van der Waals surface area (Å²) in [4.78, 5) is 12.8. The highest BCUT2D eigenvalue weighted by Crippen LogP contribution is 2.35. The molecule has 1 aromatic heterocycles. The van der Waals surface area contributed by atoms with Gasteiger partial charge in [-0.1, -0.05) is 20.8 Å². The minimum absolute atomic E-state index is 0.189. The number of carbonyl (C=O) groups excluding carboxylic acids is 1. The van der Waals surface area contributed by atoms with E-state index in [9.17, 15) is 4.79 Å².